The standard InChI is InChI=1S/C11H15F3N5O5P/c12-11(13,14)3-15-9-8-10(17-4-16-9)19(5-18-8)1-7(20)2-24-6-25(21,22)23/h4-5,7,20H,1-3,6H2,(H,15,16,17)(H2,21,22,23). The number of alkyl halides is 3. The molecule has 4 N–H and O–H groups in total. The van der Waals surface area contributed by atoms with Crippen LogP contribution in [0.2, 0.25) is 0 Å². The molecular weight excluding hydrogens is 370 g/mol. The summed E-state index contributed by atoms with van der Waals surface area (Å²) in [4.78, 5) is 28.8. The molecule has 0 radical (unpaired) electrons. The molecule has 0 saturated carbocycles. The molecule has 0 aliphatic rings. The van der Waals surface area contributed by atoms with Crippen molar-refractivity contribution in [2.75, 3.05) is 24.8 Å². The highest BCUT2D eigenvalue weighted by molar-refractivity contribution is 7.51. The summed E-state index contributed by atoms with van der Waals surface area (Å²) in [6.45, 7) is -1.73. The summed E-state index contributed by atoms with van der Waals surface area (Å²) in [5, 5.41) is 11.9. The number of nitrogens with one attached hydrogen (secondary N) is 1. The Morgan fingerprint density at radius 2 is 2.04 bits per heavy atom. The van der Waals surface area contributed by atoms with E-state index in [0.29, 0.717) is 0 Å². The molecule has 0 spiro atoms. The summed E-state index contributed by atoms with van der Waals surface area (Å²) in [7, 11) is -4.33. The number of ether oxygens (including phenoxy) is 1. The third kappa shape index (κ3) is 6.21. The Hall–Kier alpha value is -1.79. The Labute approximate surface area is 138 Å². The van der Waals surface area contributed by atoms with Crippen molar-refractivity contribution in [1.29, 1.82) is 0 Å². The fraction of sp³-hybridized carbons (Fsp3) is 0.545. The van der Waals surface area contributed by atoms with Gasteiger partial charge in [-0.15, -0.1) is 0 Å². The Balaban J connectivity index is 2.04. The third-order valence-electron chi connectivity index (χ3n) is 2.83. The molecule has 0 amide bonds. The highest BCUT2D eigenvalue weighted by atomic mass is 31.2. The molecule has 0 aliphatic carbocycles. The van der Waals surface area contributed by atoms with E-state index in [1.165, 1.54) is 10.9 Å². The highest BCUT2D eigenvalue weighted by Crippen LogP contribution is 2.33. The fourth-order valence-corrected chi connectivity index (χ4v) is 2.26. The maximum Gasteiger partial charge on any atom is 0.405 e. The first kappa shape index (κ1) is 19.5. The number of nitrogens with zero attached hydrogens (tertiary/aromatic N) is 4. The van der Waals surface area contributed by atoms with Crippen LogP contribution in [0.4, 0.5) is 19.0 Å². The van der Waals surface area contributed by atoms with Crippen molar-refractivity contribution in [3.63, 3.8) is 0 Å². The number of rotatable bonds is 8. The van der Waals surface area contributed by atoms with E-state index < -0.39 is 32.8 Å². The lowest BCUT2D eigenvalue weighted by molar-refractivity contribution is -0.115. The molecule has 1 unspecified atom stereocenters. The number of hydrogen-bond acceptors (Lipinski definition) is 7. The number of imidazole rings is 1. The second-order valence-electron chi connectivity index (χ2n) is 5.08. The van der Waals surface area contributed by atoms with Crippen LogP contribution in [0.5, 0.6) is 0 Å². The molecule has 0 aromatic carbocycles. The molecule has 2 rings (SSSR count). The molecule has 14 heteroatoms. The van der Waals surface area contributed by atoms with Crippen LogP contribution in [0.15, 0.2) is 12.7 Å². The largest absolute Gasteiger partial charge is 0.405 e. The van der Waals surface area contributed by atoms with E-state index in [4.69, 9.17) is 14.5 Å². The molecule has 2 aromatic rings. The van der Waals surface area contributed by atoms with Gasteiger partial charge in [-0.05, 0) is 0 Å². The van der Waals surface area contributed by atoms with Crippen LogP contribution in [0.3, 0.4) is 0 Å². The summed E-state index contributed by atoms with van der Waals surface area (Å²) in [5.41, 5.74) is 0.281. The maximum absolute atomic E-state index is 12.3. The summed E-state index contributed by atoms with van der Waals surface area (Å²) < 4.78 is 53.6. The molecule has 140 valence electrons. The summed E-state index contributed by atoms with van der Waals surface area (Å²) in [6, 6.07) is 0. The van der Waals surface area contributed by atoms with Gasteiger partial charge in [-0.1, -0.05) is 0 Å². The Morgan fingerprint density at radius 3 is 2.68 bits per heavy atom. The molecule has 2 heterocycles. The van der Waals surface area contributed by atoms with Crippen molar-refractivity contribution in [1.82, 2.24) is 19.5 Å². The molecule has 0 bridgehead atoms. The van der Waals surface area contributed by atoms with Gasteiger partial charge < -0.3 is 29.5 Å². The first-order valence-electron chi connectivity index (χ1n) is 6.82. The Morgan fingerprint density at radius 1 is 1.32 bits per heavy atom. The second kappa shape index (κ2) is 7.62. The van der Waals surface area contributed by atoms with Gasteiger partial charge in [0.05, 0.1) is 25.6 Å². The van der Waals surface area contributed by atoms with E-state index in [-0.39, 0.29) is 30.1 Å². The second-order valence-corrected chi connectivity index (χ2v) is 6.67. The van der Waals surface area contributed by atoms with Gasteiger partial charge in [0.15, 0.2) is 11.5 Å². The minimum absolute atomic E-state index is 0.0899. The van der Waals surface area contributed by atoms with Crippen molar-refractivity contribution < 1.29 is 37.4 Å². The summed E-state index contributed by atoms with van der Waals surface area (Å²) in [5.74, 6) is -0.103. The molecule has 0 saturated heterocycles. The van der Waals surface area contributed by atoms with E-state index in [0.717, 1.165) is 6.33 Å². The van der Waals surface area contributed by atoms with Crippen LogP contribution >= 0.6 is 7.60 Å². The van der Waals surface area contributed by atoms with Gasteiger partial charge in [0.1, 0.15) is 24.7 Å². The van der Waals surface area contributed by atoms with Crippen molar-refractivity contribution in [2.24, 2.45) is 0 Å². The predicted molar refractivity (Wildman–Crippen MR) is 78.7 cm³/mol. The van der Waals surface area contributed by atoms with Gasteiger partial charge in [-0.2, -0.15) is 13.2 Å². The van der Waals surface area contributed by atoms with Crippen LogP contribution in [0.1, 0.15) is 0 Å². The number of hydrogen-bond donors (Lipinski definition) is 4. The highest BCUT2D eigenvalue weighted by Gasteiger charge is 2.27. The molecule has 1 atom stereocenters. The number of aliphatic hydroxyl groups is 1. The van der Waals surface area contributed by atoms with Crippen LogP contribution in [-0.4, -0.2) is 66.2 Å². The molecule has 0 fully saturated rings. The third-order valence-corrected chi connectivity index (χ3v) is 3.35. The quantitative estimate of drug-likeness (QED) is 0.472. The average molecular weight is 385 g/mol. The van der Waals surface area contributed by atoms with Gasteiger partial charge >= 0.3 is 13.8 Å². The van der Waals surface area contributed by atoms with E-state index in [2.05, 4.69) is 20.3 Å². The van der Waals surface area contributed by atoms with Crippen LogP contribution in [0.25, 0.3) is 11.2 Å². The number of halogens is 3. The topological polar surface area (TPSA) is 143 Å². The van der Waals surface area contributed by atoms with E-state index in [9.17, 15) is 22.8 Å². The predicted octanol–water partition coefficient (Wildman–Crippen LogP) is 0.313. The summed E-state index contributed by atoms with van der Waals surface area (Å²) in [6.07, 6.45) is -4.08. The Bertz CT molecular complexity index is 764. The van der Waals surface area contributed by atoms with Crippen LogP contribution in [0, 0.1) is 0 Å². The molecule has 10 nitrogen and oxygen atoms in total. The van der Waals surface area contributed by atoms with Crippen molar-refractivity contribution in [3.8, 4) is 0 Å². The number of aromatic nitrogens is 4. The first-order chi connectivity index (χ1) is 11.6. The van der Waals surface area contributed by atoms with Crippen LogP contribution < -0.4 is 5.32 Å². The zero-order valence-corrected chi connectivity index (χ0v) is 13.5. The van der Waals surface area contributed by atoms with E-state index >= 15 is 0 Å². The summed E-state index contributed by atoms with van der Waals surface area (Å²) >= 11 is 0. The fourth-order valence-electron chi connectivity index (χ4n) is 1.91. The van der Waals surface area contributed by atoms with E-state index in [1.807, 2.05) is 0 Å². The lowest BCUT2D eigenvalue weighted by Gasteiger charge is -2.13. The monoisotopic (exact) mass is 385 g/mol. The van der Waals surface area contributed by atoms with Gasteiger partial charge in [0, 0.05) is 0 Å². The van der Waals surface area contributed by atoms with Gasteiger partial charge in [0.25, 0.3) is 0 Å². The number of fused-ring (bicyclic) bond motifs is 1. The number of aliphatic hydroxyl groups excluding tert-OH is 1. The molecule has 2 aromatic heterocycles. The average Bonchev–Trinajstić information content (AvgIpc) is 2.86. The van der Waals surface area contributed by atoms with Crippen LogP contribution in [-0.2, 0) is 15.8 Å². The number of anilines is 1. The van der Waals surface area contributed by atoms with Gasteiger partial charge in [0.2, 0.25) is 0 Å². The molecule has 0 aliphatic heterocycles. The van der Waals surface area contributed by atoms with Crippen molar-refractivity contribution in [2.45, 2.75) is 18.8 Å². The van der Waals surface area contributed by atoms with E-state index in [1.54, 1.807) is 0 Å². The van der Waals surface area contributed by atoms with Crippen molar-refractivity contribution in [3.05, 3.63) is 12.7 Å². The zero-order chi connectivity index (χ0) is 18.7. The zero-order valence-electron chi connectivity index (χ0n) is 12.6. The smallest absolute Gasteiger partial charge is 0.389 e. The minimum atomic E-state index is -4.42. The maximum atomic E-state index is 12.3. The lowest BCUT2D eigenvalue weighted by atomic mass is 10.3. The SMILES string of the molecule is O=P(O)(O)COCC(O)Cn1cnc2c(NCC(F)(F)F)ncnc21. The first-order valence-corrected chi connectivity index (χ1v) is 8.62. The van der Waals surface area contributed by atoms with Crippen molar-refractivity contribution >= 4 is 24.6 Å². The minimum Gasteiger partial charge on any atom is -0.389 e. The lowest BCUT2D eigenvalue weighted by Crippen LogP contribution is -2.22. The molecule has 25 heavy (non-hydrogen) atoms. The Kier molecular flexibility index (Phi) is 5.95. The molecular formula is C11H15F3N5O5P. The van der Waals surface area contributed by atoms with Gasteiger partial charge in [-0.3, -0.25) is 4.57 Å². The normalized spacial score (nSPS) is 14.0. The van der Waals surface area contributed by atoms with Gasteiger partial charge in [-0.25, -0.2) is 15.0 Å².